The van der Waals surface area contributed by atoms with Crippen LogP contribution in [0.5, 0.6) is 5.75 Å². The van der Waals surface area contributed by atoms with Crippen LogP contribution in [0.4, 0.5) is 14.5 Å². The van der Waals surface area contributed by atoms with Gasteiger partial charge in [-0.3, -0.25) is 9.69 Å². The van der Waals surface area contributed by atoms with Crippen molar-refractivity contribution in [2.75, 3.05) is 32.1 Å². The lowest BCUT2D eigenvalue weighted by Crippen LogP contribution is -2.33. The van der Waals surface area contributed by atoms with E-state index in [0.717, 1.165) is 0 Å². The van der Waals surface area contributed by atoms with Gasteiger partial charge in [0, 0.05) is 12.2 Å². The van der Waals surface area contributed by atoms with Crippen molar-refractivity contribution >= 4 is 11.6 Å². The molecule has 0 radical (unpaired) electrons. The Hall–Kier alpha value is -2.47. The van der Waals surface area contributed by atoms with Crippen LogP contribution in [0, 0.1) is 11.6 Å². The van der Waals surface area contributed by atoms with E-state index in [9.17, 15) is 13.6 Å². The Morgan fingerprint density at radius 1 is 1.04 bits per heavy atom. The van der Waals surface area contributed by atoms with Gasteiger partial charge in [-0.2, -0.15) is 0 Å². The fourth-order valence-corrected chi connectivity index (χ4v) is 1.91. The summed E-state index contributed by atoms with van der Waals surface area (Å²) in [7, 11) is 1.79. The maximum atomic E-state index is 12.8. The first-order valence-corrected chi connectivity index (χ1v) is 7.15. The highest BCUT2D eigenvalue weighted by atomic mass is 19.1. The SMILES string of the molecule is CN(CCOc1ccc(F)cc1)CC(=O)Nc1ccc(F)cc1. The van der Waals surface area contributed by atoms with Crippen molar-refractivity contribution in [3.63, 3.8) is 0 Å². The Morgan fingerprint density at radius 2 is 1.61 bits per heavy atom. The number of amides is 1. The van der Waals surface area contributed by atoms with Gasteiger partial charge in [0.15, 0.2) is 0 Å². The molecule has 0 aliphatic heterocycles. The fourth-order valence-electron chi connectivity index (χ4n) is 1.91. The quantitative estimate of drug-likeness (QED) is 0.853. The van der Waals surface area contributed by atoms with Crippen LogP contribution in [0.25, 0.3) is 0 Å². The zero-order valence-corrected chi connectivity index (χ0v) is 12.8. The van der Waals surface area contributed by atoms with E-state index in [0.29, 0.717) is 24.6 Å². The van der Waals surface area contributed by atoms with Gasteiger partial charge < -0.3 is 10.1 Å². The molecule has 6 heteroatoms. The Morgan fingerprint density at radius 3 is 2.22 bits per heavy atom. The highest BCUT2D eigenvalue weighted by Crippen LogP contribution is 2.11. The molecule has 122 valence electrons. The number of carbonyl (C=O) groups excluding carboxylic acids is 1. The van der Waals surface area contributed by atoms with Gasteiger partial charge in [0.25, 0.3) is 0 Å². The predicted molar refractivity (Wildman–Crippen MR) is 84.4 cm³/mol. The third kappa shape index (κ3) is 6.04. The molecular formula is C17H18F2N2O2. The molecule has 0 aliphatic rings. The number of nitrogens with one attached hydrogen (secondary N) is 1. The summed E-state index contributed by atoms with van der Waals surface area (Å²) in [6.45, 7) is 1.10. The normalized spacial score (nSPS) is 10.6. The van der Waals surface area contributed by atoms with Crippen molar-refractivity contribution in [2.24, 2.45) is 0 Å². The molecule has 1 N–H and O–H groups in total. The van der Waals surface area contributed by atoms with Crippen LogP contribution in [-0.2, 0) is 4.79 Å². The number of benzene rings is 2. The summed E-state index contributed by atoms with van der Waals surface area (Å²) < 4.78 is 31.0. The van der Waals surface area contributed by atoms with E-state index < -0.39 is 0 Å². The minimum atomic E-state index is -0.349. The number of carbonyl (C=O) groups is 1. The van der Waals surface area contributed by atoms with Gasteiger partial charge in [-0.1, -0.05) is 0 Å². The second kappa shape index (κ2) is 8.24. The lowest BCUT2D eigenvalue weighted by molar-refractivity contribution is -0.117. The van der Waals surface area contributed by atoms with E-state index in [1.807, 2.05) is 0 Å². The molecule has 0 saturated heterocycles. The lowest BCUT2D eigenvalue weighted by atomic mass is 10.3. The summed E-state index contributed by atoms with van der Waals surface area (Å²) in [6, 6.07) is 11.3. The second-order valence-corrected chi connectivity index (χ2v) is 5.10. The van der Waals surface area contributed by atoms with Crippen molar-refractivity contribution in [2.45, 2.75) is 0 Å². The van der Waals surface area contributed by atoms with Crippen molar-refractivity contribution in [3.8, 4) is 5.75 Å². The van der Waals surface area contributed by atoms with Crippen LogP contribution in [0.2, 0.25) is 0 Å². The molecule has 1 amide bonds. The number of nitrogens with zero attached hydrogens (tertiary/aromatic N) is 1. The van der Waals surface area contributed by atoms with Crippen molar-refractivity contribution in [1.82, 2.24) is 4.90 Å². The van der Waals surface area contributed by atoms with Crippen LogP contribution in [0.15, 0.2) is 48.5 Å². The number of hydrogen-bond donors (Lipinski definition) is 1. The van der Waals surface area contributed by atoms with Crippen molar-refractivity contribution < 1.29 is 18.3 Å². The molecule has 23 heavy (non-hydrogen) atoms. The minimum Gasteiger partial charge on any atom is -0.492 e. The predicted octanol–water partition coefficient (Wildman–Crippen LogP) is 2.91. The third-order valence-electron chi connectivity index (χ3n) is 3.10. The summed E-state index contributed by atoms with van der Waals surface area (Å²) in [6.07, 6.45) is 0. The number of rotatable bonds is 7. The number of halogens is 2. The molecule has 4 nitrogen and oxygen atoms in total. The number of hydrogen-bond acceptors (Lipinski definition) is 3. The van der Waals surface area contributed by atoms with Gasteiger partial charge in [-0.05, 0) is 55.6 Å². The van der Waals surface area contributed by atoms with E-state index in [1.54, 1.807) is 24.1 Å². The highest BCUT2D eigenvalue weighted by Gasteiger charge is 2.07. The topological polar surface area (TPSA) is 41.6 Å². The molecule has 0 heterocycles. The zero-order chi connectivity index (χ0) is 16.7. The molecule has 2 aromatic carbocycles. The van der Waals surface area contributed by atoms with Crippen molar-refractivity contribution in [3.05, 3.63) is 60.2 Å². The van der Waals surface area contributed by atoms with Crippen LogP contribution in [0.3, 0.4) is 0 Å². The minimum absolute atomic E-state index is 0.185. The average Bonchev–Trinajstić information content (AvgIpc) is 2.51. The first-order chi connectivity index (χ1) is 11.0. The maximum Gasteiger partial charge on any atom is 0.238 e. The molecular weight excluding hydrogens is 302 g/mol. The van der Waals surface area contributed by atoms with Gasteiger partial charge in [-0.25, -0.2) is 8.78 Å². The maximum absolute atomic E-state index is 12.8. The van der Waals surface area contributed by atoms with Crippen LogP contribution in [0.1, 0.15) is 0 Å². The molecule has 0 saturated carbocycles. The van der Waals surface area contributed by atoms with E-state index in [1.165, 1.54) is 36.4 Å². The average molecular weight is 320 g/mol. The summed E-state index contributed by atoms with van der Waals surface area (Å²) in [5.74, 6) is -0.276. The monoisotopic (exact) mass is 320 g/mol. The zero-order valence-electron chi connectivity index (χ0n) is 12.8. The van der Waals surface area contributed by atoms with Crippen LogP contribution in [-0.4, -0.2) is 37.6 Å². The van der Waals surface area contributed by atoms with E-state index in [2.05, 4.69) is 5.32 Å². The van der Waals surface area contributed by atoms with Gasteiger partial charge in [-0.15, -0.1) is 0 Å². The lowest BCUT2D eigenvalue weighted by Gasteiger charge is -2.16. The molecule has 0 spiro atoms. The van der Waals surface area contributed by atoms with Gasteiger partial charge in [0.2, 0.25) is 5.91 Å². The molecule has 0 fully saturated rings. The second-order valence-electron chi connectivity index (χ2n) is 5.10. The van der Waals surface area contributed by atoms with Crippen LogP contribution < -0.4 is 10.1 Å². The molecule has 0 aromatic heterocycles. The van der Waals surface area contributed by atoms with E-state index in [4.69, 9.17) is 4.74 Å². The number of anilines is 1. The first-order valence-electron chi connectivity index (χ1n) is 7.15. The Kier molecular flexibility index (Phi) is 6.05. The number of ether oxygens (including phenoxy) is 1. The molecule has 0 atom stereocenters. The Bertz CT molecular complexity index is 630. The number of likely N-dealkylation sites (N-methyl/N-ethyl adjacent to an activating group) is 1. The molecule has 2 aromatic rings. The smallest absolute Gasteiger partial charge is 0.238 e. The van der Waals surface area contributed by atoms with Gasteiger partial charge in [0.1, 0.15) is 24.0 Å². The van der Waals surface area contributed by atoms with Crippen molar-refractivity contribution in [1.29, 1.82) is 0 Å². The third-order valence-corrected chi connectivity index (χ3v) is 3.10. The summed E-state index contributed by atoms with van der Waals surface area (Å²) in [4.78, 5) is 13.6. The Labute approximate surface area is 133 Å². The van der Waals surface area contributed by atoms with Crippen LogP contribution >= 0.6 is 0 Å². The molecule has 0 bridgehead atoms. The first kappa shape index (κ1) is 16.9. The molecule has 0 unspecified atom stereocenters. The summed E-state index contributed by atoms with van der Waals surface area (Å²) in [5.41, 5.74) is 0.548. The standard InChI is InChI=1S/C17H18F2N2O2/c1-21(10-11-23-16-8-4-14(19)5-9-16)12-17(22)20-15-6-2-13(18)3-7-15/h2-9H,10-12H2,1H3,(H,20,22). The van der Waals surface area contributed by atoms with E-state index in [-0.39, 0.29) is 24.1 Å². The van der Waals surface area contributed by atoms with E-state index >= 15 is 0 Å². The Balaban J connectivity index is 1.69. The summed E-state index contributed by atoms with van der Waals surface area (Å²) in [5, 5.41) is 2.68. The molecule has 2 rings (SSSR count). The fraction of sp³-hybridized carbons (Fsp3) is 0.235. The summed E-state index contributed by atoms with van der Waals surface area (Å²) >= 11 is 0. The van der Waals surface area contributed by atoms with Gasteiger partial charge in [0.05, 0.1) is 6.54 Å². The highest BCUT2D eigenvalue weighted by molar-refractivity contribution is 5.92. The molecule has 0 aliphatic carbocycles. The van der Waals surface area contributed by atoms with Gasteiger partial charge >= 0.3 is 0 Å². The largest absolute Gasteiger partial charge is 0.492 e.